The van der Waals surface area contributed by atoms with Gasteiger partial charge in [-0.15, -0.1) is 0 Å². The van der Waals surface area contributed by atoms with Crippen molar-refractivity contribution in [2.75, 3.05) is 26.7 Å². The number of nitrogens with zero attached hydrogens (tertiary/aromatic N) is 1. The largest absolute Gasteiger partial charge is 0.466 e. The van der Waals surface area contributed by atoms with Crippen molar-refractivity contribution in [3.05, 3.63) is 11.6 Å². The van der Waals surface area contributed by atoms with Gasteiger partial charge >= 0.3 is 5.97 Å². The molecule has 2 atom stereocenters. The Bertz CT molecular complexity index is 276. The summed E-state index contributed by atoms with van der Waals surface area (Å²) in [5.74, 6) is 1.33. The second kappa shape index (κ2) is 6.80. The summed E-state index contributed by atoms with van der Waals surface area (Å²) >= 11 is 0. The summed E-state index contributed by atoms with van der Waals surface area (Å²) in [5.41, 5.74) is 0.790. The average Bonchev–Trinajstić information content (AvgIpc) is 2.28. The number of ether oxygens (including phenoxy) is 1. The van der Waals surface area contributed by atoms with Gasteiger partial charge in [-0.1, -0.05) is 26.8 Å². The van der Waals surface area contributed by atoms with E-state index in [2.05, 4.69) is 18.7 Å². The molecule has 1 aliphatic heterocycles. The normalized spacial score (nSPS) is 26.9. The Labute approximate surface area is 105 Å². The van der Waals surface area contributed by atoms with Crippen LogP contribution in [-0.4, -0.2) is 37.6 Å². The van der Waals surface area contributed by atoms with Crippen molar-refractivity contribution in [3.8, 4) is 0 Å². The molecule has 3 nitrogen and oxygen atoms in total. The van der Waals surface area contributed by atoms with Gasteiger partial charge in [0.05, 0.1) is 7.11 Å². The molecule has 1 fully saturated rings. The van der Waals surface area contributed by atoms with Gasteiger partial charge in [0, 0.05) is 25.2 Å². The first-order valence-electron chi connectivity index (χ1n) is 6.56. The van der Waals surface area contributed by atoms with Crippen molar-refractivity contribution >= 4 is 5.97 Å². The van der Waals surface area contributed by atoms with Crippen molar-refractivity contribution in [2.45, 2.75) is 33.6 Å². The quantitative estimate of drug-likeness (QED) is 0.557. The SMILES string of the molecule is CCC(=CCN1CC(C)CC(C)C1)C(=O)OC. The molecular formula is C14H25NO2. The third-order valence-electron chi connectivity index (χ3n) is 3.37. The smallest absolute Gasteiger partial charge is 0.333 e. The number of likely N-dealkylation sites (tertiary alicyclic amines) is 1. The molecule has 0 aliphatic carbocycles. The molecule has 0 amide bonds. The first kappa shape index (κ1) is 14.2. The van der Waals surface area contributed by atoms with E-state index in [4.69, 9.17) is 4.74 Å². The third-order valence-corrected chi connectivity index (χ3v) is 3.37. The van der Waals surface area contributed by atoms with Gasteiger partial charge < -0.3 is 4.74 Å². The number of piperidine rings is 1. The van der Waals surface area contributed by atoms with Gasteiger partial charge in [0.2, 0.25) is 0 Å². The lowest BCUT2D eigenvalue weighted by Gasteiger charge is -2.34. The molecule has 1 heterocycles. The van der Waals surface area contributed by atoms with Crippen LogP contribution in [0.3, 0.4) is 0 Å². The van der Waals surface area contributed by atoms with Crippen LogP contribution in [0.4, 0.5) is 0 Å². The maximum atomic E-state index is 11.4. The standard InChI is InChI=1S/C14H25NO2/c1-5-13(14(16)17-4)6-7-15-9-11(2)8-12(3)10-15/h6,11-12H,5,7-10H2,1-4H3. The molecule has 0 spiro atoms. The van der Waals surface area contributed by atoms with Crippen LogP contribution in [0.5, 0.6) is 0 Å². The van der Waals surface area contributed by atoms with Crippen molar-refractivity contribution in [3.63, 3.8) is 0 Å². The Kier molecular flexibility index (Phi) is 5.69. The van der Waals surface area contributed by atoms with Crippen molar-refractivity contribution in [1.82, 2.24) is 4.90 Å². The predicted molar refractivity (Wildman–Crippen MR) is 69.8 cm³/mol. The summed E-state index contributed by atoms with van der Waals surface area (Å²) < 4.78 is 4.76. The molecule has 0 radical (unpaired) electrons. The molecule has 0 saturated carbocycles. The van der Waals surface area contributed by atoms with E-state index in [0.29, 0.717) is 0 Å². The van der Waals surface area contributed by atoms with E-state index < -0.39 is 0 Å². The van der Waals surface area contributed by atoms with Crippen LogP contribution in [0.25, 0.3) is 0 Å². The number of methoxy groups -OCH3 is 1. The summed E-state index contributed by atoms with van der Waals surface area (Å²) in [4.78, 5) is 13.9. The van der Waals surface area contributed by atoms with Crippen LogP contribution in [0, 0.1) is 11.8 Å². The van der Waals surface area contributed by atoms with E-state index in [1.807, 2.05) is 13.0 Å². The molecule has 1 rings (SSSR count). The summed E-state index contributed by atoms with van der Waals surface area (Å²) in [6.07, 6.45) is 4.08. The fraction of sp³-hybridized carbons (Fsp3) is 0.786. The van der Waals surface area contributed by atoms with Crippen LogP contribution < -0.4 is 0 Å². The molecule has 0 aromatic rings. The number of carbonyl (C=O) groups excluding carboxylic acids is 1. The van der Waals surface area contributed by atoms with E-state index in [-0.39, 0.29) is 5.97 Å². The van der Waals surface area contributed by atoms with Crippen molar-refractivity contribution in [1.29, 1.82) is 0 Å². The van der Waals surface area contributed by atoms with Gasteiger partial charge in [0.25, 0.3) is 0 Å². The highest BCUT2D eigenvalue weighted by Gasteiger charge is 2.21. The van der Waals surface area contributed by atoms with Crippen LogP contribution in [0.15, 0.2) is 11.6 Å². The summed E-state index contributed by atoms with van der Waals surface area (Å²) in [5, 5.41) is 0. The van der Waals surface area contributed by atoms with Crippen molar-refractivity contribution in [2.24, 2.45) is 11.8 Å². The van der Waals surface area contributed by atoms with Crippen molar-refractivity contribution < 1.29 is 9.53 Å². The molecule has 0 aromatic heterocycles. The molecule has 2 unspecified atom stereocenters. The number of hydrogen-bond donors (Lipinski definition) is 0. The van der Waals surface area contributed by atoms with Crippen LogP contribution >= 0.6 is 0 Å². The third kappa shape index (κ3) is 4.50. The summed E-state index contributed by atoms with van der Waals surface area (Å²) in [6.45, 7) is 9.73. The molecular weight excluding hydrogens is 214 g/mol. The number of hydrogen-bond acceptors (Lipinski definition) is 3. The zero-order valence-corrected chi connectivity index (χ0v) is 11.5. The Hall–Kier alpha value is -0.830. The van der Waals surface area contributed by atoms with E-state index in [1.54, 1.807) is 0 Å². The number of esters is 1. The van der Waals surface area contributed by atoms with Gasteiger partial charge in [-0.3, -0.25) is 4.90 Å². The van der Waals surface area contributed by atoms with Gasteiger partial charge in [-0.25, -0.2) is 4.79 Å². The predicted octanol–water partition coefficient (Wildman–Crippen LogP) is 2.47. The zero-order chi connectivity index (χ0) is 12.8. The first-order valence-corrected chi connectivity index (χ1v) is 6.56. The Morgan fingerprint density at radius 1 is 1.35 bits per heavy atom. The molecule has 0 bridgehead atoms. The van der Waals surface area contributed by atoms with E-state index in [1.165, 1.54) is 13.5 Å². The fourth-order valence-corrected chi connectivity index (χ4v) is 2.68. The highest BCUT2D eigenvalue weighted by atomic mass is 16.5. The molecule has 0 aromatic carbocycles. The number of carbonyl (C=O) groups is 1. The second-order valence-corrected chi connectivity index (χ2v) is 5.24. The van der Waals surface area contributed by atoms with E-state index in [0.717, 1.165) is 43.5 Å². The van der Waals surface area contributed by atoms with Crippen LogP contribution in [0.2, 0.25) is 0 Å². The summed E-state index contributed by atoms with van der Waals surface area (Å²) in [6, 6.07) is 0. The molecule has 1 saturated heterocycles. The van der Waals surface area contributed by atoms with Gasteiger partial charge in [-0.05, 0) is 24.7 Å². The van der Waals surface area contributed by atoms with Gasteiger partial charge in [0.15, 0.2) is 0 Å². The maximum absolute atomic E-state index is 11.4. The lowest BCUT2D eigenvalue weighted by atomic mass is 9.92. The fourth-order valence-electron chi connectivity index (χ4n) is 2.68. The Morgan fingerprint density at radius 3 is 2.41 bits per heavy atom. The monoisotopic (exact) mass is 239 g/mol. The maximum Gasteiger partial charge on any atom is 0.333 e. The van der Waals surface area contributed by atoms with E-state index >= 15 is 0 Å². The lowest BCUT2D eigenvalue weighted by Crippen LogP contribution is -2.38. The lowest BCUT2D eigenvalue weighted by molar-refractivity contribution is -0.136. The molecule has 3 heteroatoms. The topological polar surface area (TPSA) is 29.5 Å². The van der Waals surface area contributed by atoms with Gasteiger partial charge in [-0.2, -0.15) is 0 Å². The molecule has 17 heavy (non-hydrogen) atoms. The zero-order valence-electron chi connectivity index (χ0n) is 11.5. The Balaban J connectivity index is 2.52. The highest BCUT2D eigenvalue weighted by Crippen LogP contribution is 2.20. The van der Waals surface area contributed by atoms with E-state index in [9.17, 15) is 4.79 Å². The molecule has 1 aliphatic rings. The minimum Gasteiger partial charge on any atom is -0.466 e. The average molecular weight is 239 g/mol. The molecule has 98 valence electrons. The first-order chi connectivity index (χ1) is 8.06. The number of rotatable bonds is 4. The summed E-state index contributed by atoms with van der Waals surface area (Å²) in [7, 11) is 1.44. The van der Waals surface area contributed by atoms with Crippen LogP contribution in [-0.2, 0) is 9.53 Å². The Morgan fingerprint density at radius 2 is 1.94 bits per heavy atom. The molecule has 0 N–H and O–H groups in total. The van der Waals surface area contributed by atoms with Gasteiger partial charge in [0.1, 0.15) is 0 Å². The minimum atomic E-state index is -0.189. The second-order valence-electron chi connectivity index (χ2n) is 5.24. The highest BCUT2D eigenvalue weighted by molar-refractivity contribution is 5.88. The minimum absolute atomic E-state index is 0.189. The van der Waals surface area contributed by atoms with Crippen LogP contribution in [0.1, 0.15) is 33.6 Å².